The lowest BCUT2D eigenvalue weighted by Gasteiger charge is -2.27. The number of carbonyl (C=O) groups is 5. The second kappa shape index (κ2) is 30.6. The van der Waals surface area contributed by atoms with Crippen LogP contribution >= 0.6 is 0 Å². The van der Waals surface area contributed by atoms with Crippen molar-refractivity contribution in [3.63, 3.8) is 0 Å². The van der Waals surface area contributed by atoms with Gasteiger partial charge in [0.2, 0.25) is 23.6 Å². The number of hydrogen-bond donors (Lipinski definition) is 4. The van der Waals surface area contributed by atoms with Crippen molar-refractivity contribution in [1.29, 1.82) is 0 Å². The first-order chi connectivity index (χ1) is 24.0. The molecule has 5 amide bonds. The van der Waals surface area contributed by atoms with Crippen molar-refractivity contribution in [2.24, 2.45) is 0 Å². The third-order valence-corrected chi connectivity index (χ3v) is 6.41. The van der Waals surface area contributed by atoms with Gasteiger partial charge in [-0.25, -0.2) is 24.3 Å². The zero-order chi connectivity index (χ0) is 37.6. The van der Waals surface area contributed by atoms with E-state index in [1.807, 2.05) is 13.8 Å². The van der Waals surface area contributed by atoms with E-state index in [1.165, 1.54) is 28.3 Å². The first kappa shape index (κ1) is 46.8. The van der Waals surface area contributed by atoms with Crippen molar-refractivity contribution < 1.29 is 67.2 Å². The van der Waals surface area contributed by atoms with Crippen LogP contribution in [0.5, 0.6) is 0 Å². The minimum atomic E-state index is -1.09. The SMILES string of the molecule is CCCOCC(CNC(=O)CN(C(=O)OCCC(=O)NC(CCC(=O)NC(C)OOC)C(=O)NCCOCCOC)C(C)OOC)OCCC. The summed E-state index contributed by atoms with van der Waals surface area (Å²) in [6.07, 6.45) is -1.95. The number of carbonyl (C=O) groups excluding carboxylic acids is 5. The van der Waals surface area contributed by atoms with Gasteiger partial charge in [-0.1, -0.05) is 13.8 Å². The van der Waals surface area contributed by atoms with E-state index >= 15 is 0 Å². The van der Waals surface area contributed by atoms with Gasteiger partial charge in [-0.05, 0) is 33.1 Å². The first-order valence-electron chi connectivity index (χ1n) is 16.7. The molecule has 0 bridgehead atoms. The second-order valence-electron chi connectivity index (χ2n) is 10.8. The third kappa shape index (κ3) is 24.1. The maximum absolute atomic E-state index is 12.9. The molecule has 0 saturated carbocycles. The van der Waals surface area contributed by atoms with Crippen LogP contribution in [0.15, 0.2) is 0 Å². The molecule has 0 rings (SSSR count). The molecule has 0 aromatic rings. The van der Waals surface area contributed by atoms with Crippen molar-refractivity contribution in [3.8, 4) is 0 Å². The lowest BCUT2D eigenvalue weighted by atomic mass is 10.1. The van der Waals surface area contributed by atoms with Crippen LogP contribution in [0.3, 0.4) is 0 Å². The van der Waals surface area contributed by atoms with E-state index in [-0.39, 0.29) is 45.1 Å². The van der Waals surface area contributed by atoms with Crippen LogP contribution in [0.25, 0.3) is 0 Å². The van der Waals surface area contributed by atoms with Crippen molar-refractivity contribution in [2.75, 3.05) is 87.2 Å². The predicted octanol–water partition coefficient (Wildman–Crippen LogP) is 0.162. The van der Waals surface area contributed by atoms with Crippen LogP contribution in [0, 0.1) is 0 Å². The van der Waals surface area contributed by atoms with Crippen molar-refractivity contribution in [1.82, 2.24) is 26.2 Å². The Bertz CT molecular complexity index is 947. The van der Waals surface area contributed by atoms with Gasteiger partial charge in [-0.3, -0.25) is 24.1 Å². The molecule has 0 fully saturated rings. The van der Waals surface area contributed by atoms with E-state index in [4.69, 9.17) is 33.5 Å². The number of rotatable bonds is 31. The summed E-state index contributed by atoms with van der Waals surface area (Å²) in [5, 5.41) is 10.5. The molecule has 50 heavy (non-hydrogen) atoms. The number of nitrogens with zero attached hydrogens (tertiary/aromatic N) is 1. The smallest absolute Gasteiger partial charge is 0.412 e. The van der Waals surface area contributed by atoms with E-state index in [2.05, 4.69) is 31.0 Å². The Hall–Kier alpha value is -3.17. The van der Waals surface area contributed by atoms with Gasteiger partial charge in [-0.2, -0.15) is 0 Å². The molecule has 4 unspecified atom stereocenters. The van der Waals surface area contributed by atoms with Crippen LogP contribution in [0.1, 0.15) is 59.8 Å². The van der Waals surface area contributed by atoms with E-state index in [1.54, 1.807) is 6.92 Å². The molecule has 0 aliphatic rings. The molecule has 4 N–H and O–H groups in total. The summed E-state index contributed by atoms with van der Waals surface area (Å²) >= 11 is 0. The van der Waals surface area contributed by atoms with Crippen molar-refractivity contribution in [2.45, 2.75) is 84.4 Å². The van der Waals surface area contributed by atoms with E-state index < -0.39 is 61.4 Å². The van der Waals surface area contributed by atoms with Crippen LogP contribution < -0.4 is 21.3 Å². The summed E-state index contributed by atoms with van der Waals surface area (Å²) in [5.41, 5.74) is 0. The lowest BCUT2D eigenvalue weighted by molar-refractivity contribution is -0.324. The summed E-state index contributed by atoms with van der Waals surface area (Å²) in [7, 11) is 4.08. The highest BCUT2D eigenvalue weighted by atomic mass is 17.2. The average Bonchev–Trinajstić information content (AvgIpc) is 3.07. The summed E-state index contributed by atoms with van der Waals surface area (Å²) in [6.45, 7) is 8.75. The summed E-state index contributed by atoms with van der Waals surface area (Å²) in [6, 6.07) is -1.09. The maximum atomic E-state index is 12.9. The van der Waals surface area contributed by atoms with Crippen LogP contribution in [-0.4, -0.2) is 146 Å². The molecule has 292 valence electrons. The fourth-order valence-corrected chi connectivity index (χ4v) is 3.99. The Morgan fingerprint density at radius 3 is 2.08 bits per heavy atom. The van der Waals surface area contributed by atoms with Crippen LogP contribution in [-0.2, 0) is 62.4 Å². The number of ether oxygens (including phenoxy) is 5. The number of methoxy groups -OCH3 is 1. The highest BCUT2D eigenvalue weighted by Gasteiger charge is 2.27. The molecule has 0 aliphatic carbocycles. The zero-order valence-corrected chi connectivity index (χ0v) is 30.6. The van der Waals surface area contributed by atoms with Gasteiger partial charge < -0.3 is 45.0 Å². The minimum absolute atomic E-state index is 0.0444. The standard InChI is InChI=1S/C31H59N5O14/c1-8-14-46-22-25(47-15-9-2)20-33-29(39)21-36(24(4)50-44-7)31(41)48-16-12-28(38)35-26(10-11-27(37)34-23(3)49-43-6)30(40)32-13-17-45-19-18-42-5/h23-26H,8-22H2,1-7H3,(H,32,40)(H,33,39)(H,34,37)(H,35,38). The Labute approximate surface area is 294 Å². The van der Waals surface area contributed by atoms with Crippen LogP contribution in [0.4, 0.5) is 4.79 Å². The Kier molecular flexibility index (Phi) is 28.7. The highest BCUT2D eigenvalue weighted by Crippen LogP contribution is 2.06. The monoisotopic (exact) mass is 725 g/mol. The van der Waals surface area contributed by atoms with Gasteiger partial charge in [0.1, 0.15) is 19.2 Å². The molecule has 0 aliphatic heterocycles. The van der Waals surface area contributed by atoms with Crippen molar-refractivity contribution in [3.05, 3.63) is 0 Å². The largest absolute Gasteiger partial charge is 0.449 e. The van der Waals surface area contributed by atoms with E-state index in [0.29, 0.717) is 33.0 Å². The second-order valence-corrected chi connectivity index (χ2v) is 10.8. The first-order valence-corrected chi connectivity index (χ1v) is 16.7. The molecule has 0 saturated heterocycles. The van der Waals surface area contributed by atoms with Gasteiger partial charge in [-0.15, -0.1) is 0 Å². The van der Waals surface area contributed by atoms with Gasteiger partial charge in [0.05, 0.1) is 53.2 Å². The van der Waals surface area contributed by atoms with Crippen LogP contribution in [0.2, 0.25) is 0 Å². The third-order valence-electron chi connectivity index (χ3n) is 6.41. The van der Waals surface area contributed by atoms with Gasteiger partial charge in [0.15, 0.2) is 12.5 Å². The lowest BCUT2D eigenvalue weighted by Crippen LogP contribution is -2.49. The molecule has 0 aromatic carbocycles. The summed E-state index contributed by atoms with van der Waals surface area (Å²) in [4.78, 5) is 83.7. The molecule has 4 atom stereocenters. The molecule has 0 heterocycles. The van der Waals surface area contributed by atoms with Gasteiger partial charge in [0, 0.05) is 39.8 Å². The molecule has 19 heteroatoms. The molecule has 0 aromatic heterocycles. The highest BCUT2D eigenvalue weighted by molar-refractivity contribution is 5.88. The predicted molar refractivity (Wildman–Crippen MR) is 177 cm³/mol. The molecule has 0 spiro atoms. The zero-order valence-electron chi connectivity index (χ0n) is 30.6. The van der Waals surface area contributed by atoms with Gasteiger partial charge in [0.25, 0.3) is 0 Å². The molecule has 0 radical (unpaired) electrons. The molecular weight excluding hydrogens is 666 g/mol. The van der Waals surface area contributed by atoms with E-state index in [9.17, 15) is 24.0 Å². The number of nitrogens with one attached hydrogen (secondary N) is 4. The van der Waals surface area contributed by atoms with E-state index in [0.717, 1.165) is 17.7 Å². The normalized spacial score (nSPS) is 13.4. The Morgan fingerprint density at radius 2 is 1.42 bits per heavy atom. The summed E-state index contributed by atoms with van der Waals surface area (Å²) in [5.74, 6) is -2.12. The molecule has 19 nitrogen and oxygen atoms in total. The maximum Gasteiger partial charge on any atom is 0.412 e. The topological polar surface area (TPSA) is 220 Å². The minimum Gasteiger partial charge on any atom is -0.449 e. The number of hydrogen-bond acceptors (Lipinski definition) is 14. The quantitative estimate of drug-likeness (QED) is 0.0324. The fraction of sp³-hybridized carbons (Fsp3) is 0.839. The Balaban J connectivity index is 5.19. The fourth-order valence-electron chi connectivity index (χ4n) is 3.99. The van der Waals surface area contributed by atoms with Crippen molar-refractivity contribution >= 4 is 29.7 Å². The average molecular weight is 726 g/mol. The number of amides is 5. The Morgan fingerprint density at radius 1 is 0.720 bits per heavy atom. The molecular formula is C31H59N5O14. The van der Waals surface area contributed by atoms with Gasteiger partial charge >= 0.3 is 6.09 Å². The summed E-state index contributed by atoms with van der Waals surface area (Å²) < 4.78 is 26.8.